The summed E-state index contributed by atoms with van der Waals surface area (Å²) in [6.45, 7) is 8.16. The van der Waals surface area contributed by atoms with Gasteiger partial charge in [-0.2, -0.15) is 8.78 Å². The minimum Gasteiger partial charge on any atom is -0.506 e. The first-order valence-corrected chi connectivity index (χ1v) is 48.5. The molecule has 0 saturated heterocycles. The molecule has 18 rings (SSSR count). The number of halogens is 4. The maximum absolute atomic E-state index is 13.9. The third-order valence-corrected chi connectivity index (χ3v) is 25.3. The minimum absolute atomic E-state index is 0.0108. The van der Waals surface area contributed by atoms with Crippen molar-refractivity contribution in [2.45, 2.75) is 136 Å². The molecule has 0 aliphatic rings. The minimum atomic E-state index is -3.26. The van der Waals surface area contributed by atoms with Gasteiger partial charge in [0.2, 0.25) is 0 Å². The molecule has 746 valence electrons. The number of alkyl halides is 4. The number of hydrogen-bond donors (Lipinski definition) is 8. The number of ketones is 4. The molecule has 4 atom stereocenters. The number of carbonyl (C=O) groups is 8. The molecular weight excluding hydrogens is 1870 g/mol. The number of benzene rings is 14. The van der Waals surface area contributed by atoms with E-state index in [1.54, 1.807) is 192 Å². The van der Waals surface area contributed by atoms with E-state index in [1.807, 2.05) is 133 Å². The van der Waals surface area contributed by atoms with Crippen LogP contribution in [0.2, 0.25) is 0 Å². The molecule has 0 saturated carbocycles. The number of carbonyl (C=O) groups excluding carboxylic acids is 8. The molecule has 4 heterocycles. The van der Waals surface area contributed by atoms with Crippen LogP contribution in [0, 0.1) is 0 Å². The van der Waals surface area contributed by atoms with Crippen molar-refractivity contribution in [3.05, 3.63) is 415 Å². The first kappa shape index (κ1) is 105. The molecule has 0 spiro atoms. The molecule has 18 aromatic rings. The predicted molar refractivity (Wildman–Crippen MR) is 571 cm³/mol. The van der Waals surface area contributed by atoms with E-state index in [9.17, 15) is 76.3 Å². The van der Waals surface area contributed by atoms with Crippen molar-refractivity contribution in [1.29, 1.82) is 0 Å². The Bertz CT molecular complexity index is 7930. The Morgan fingerprint density at radius 2 is 0.608 bits per heavy atom. The van der Waals surface area contributed by atoms with Gasteiger partial charge in [-0.05, 0) is 282 Å². The van der Waals surface area contributed by atoms with Crippen molar-refractivity contribution in [2.75, 3.05) is 0 Å². The van der Waals surface area contributed by atoms with Crippen molar-refractivity contribution >= 4 is 101 Å². The molecule has 4 aromatic heterocycles. The van der Waals surface area contributed by atoms with Crippen LogP contribution < -0.4 is 26.0 Å². The molecule has 14 aromatic carbocycles. The monoisotopic (exact) mass is 1980 g/mol. The number of pyridine rings is 4. The second kappa shape index (κ2) is 48.1. The van der Waals surface area contributed by atoms with Gasteiger partial charge in [-0.15, -0.1) is 0 Å². The summed E-state index contributed by atoms with van der Waals surface area (Å²) in [5.74, 6) is -4.54. The number of amides is 4. The Kier molecular flexibility index (Phi) is 34.0. The van der Waals surface area contributed by atoms with Crippen LogP contribution in [0.3, 0.4) is 0 Å². The zero-order chi connectivity index (χ0) is 105. The fourth-order valence-corrected chi connectivity index (χ4v) is 17.4. The highest BCUT2D eigenvalue weighted by Gasteiger charge is 2.30. The van der Waals surface area contributed by atoms with Crippen LogP contribution in [0.1, 0.15) is 143 Å². The summed E-state index contributed by atoms with van der Waals surface area (Å²) in [5, 5.41) is 58.2. The van der Waals surface area contributed by atoms with E-state index in [2.05, 4.69) is 94.5 Å². The zero-order valence-electron chi connectivity index (χ0n) is 82.1. The van der Waals surface area contributed by atoms with E-state index in [0.29, 0.717) is 82.5 Å². The smallest absolute Gasteiger partial charge is 0.394 e. The van der Waals surface area contributed by atoms with Crippen molar-refractivity contribution in [3.8, 4) is 84.4 Å². The number of phenols is 4. The number of Topliss-reactive ketones (excluding diaryl/α,β-unsaturated/α-hetero) is 4. The van der Waals surface area contributed by atoms with E-state index in [4.69, 9.17) is 0 Å². The number of aromatic hydroxyl groups is 4. The summed E-state index contributed by atoms with van der Waals surface area (Å²) >= 11 is 0. The first-order chi connectivity index (χ1) is 71.2. The van der Waals surface area contributed by atoms with Crippen LogP contribution in [0.25, 0.3) is 110 Å². The van der Waals surface area contributed by atoms with Crippen LogP contribution in [0.15, 0.2) is 365 Å². The number of nitrogens with one attached hydrogen (secondary N) is 4. The van der Waals surface area contributed by atoms with Crippen molar-refractivity contribution < 1.29 is 81.1 Å². The fourth-order valence-electron chi connectivity index (χ4n) is 17.4. The van der Waals surface area contributed by atoms with Crippen LogP contribution >= 0.6 is 0 Å². The highest BCUT2D eigenvalue weighted by Crippen LogP contribution is 2.38. The lowest BCUT2D eigenvalue weighted by Gasteiger charge is -2.17. The Morgan fingerprint density at radius 3 is 1.01 bits per heavy atom. The lowest BCUT2D eigenvalue weighted by Crippen LogP contribution is -2.38. The van der Waals surface area contributed by atoms with E-state index >= 15 is 0 Å². The van der Waals surface area contributed by atoms with Crippen LogP contribution in [-0.2, 0) is 50.8 Å². The average molecular weight is 1980 g/mol. The standard InChI is InChI=1S/C33H28N2O3.C32H28N2O3.C29H26F2N2O4.C29H26F2N2O3/c1-22(30(36)16-15-23-8-5-11-25(18-23)24-9-3-2-4-10-24)35-33(38)28-13-6-12-26(19-28)29-20-27-14-7-17-34-32(27)31(37)21-29;1-21(29(35)16-6-11-23-10-4-9-22-8-2-3-15-28(22)23)34-32(37)26-13-5-12-24(18-26)27-19-25-14-7-17-33-31(25)30(36)20-27;1-18(25(34)13-10-19-8-11-24(12-9-19)37-29(2,30)31)33-28(36)22-6-3-5-20(15-22)23-16-21-7-4-14-32-27(21)26(35)17-23;1-18(25(34)13-12-19-7-3-4-11-24(19)29(2,30)31)33-28(36)22-9-5-8-20(15-22)23-16-21-10-6-14-32-27(21)26(35)17-23/h2-14,17-22,37H,15-16H2,1H3,(H,35,38);2-5,7-10,12-15,17-21,36H,6,11,16H2,1H3,(H,34,37);3-9,11-12,14-18,35H,10,13H2,1-2H3,(H,33,36);3-11,14-18,35H,12-13H2,1-2H3,(H,33,36). The summed E-state index contributed by atoms with van der Waals surface area (Å²) < 4.78 is 58.1. The number of rotatable bonds is 33. The maximum atomic E-state index is 13.9. The Morgan fingerprint density at radius 1 is 0.291 bits per heavy atom. The van der Waals surface area contributed by atoms with Crippen LogP contribution in [-0.4, -0.2) is 117 Å². The molecule has 0 aliphatic heterocycles. The number of aryl methyl sites for hydroxylation is 4. The van der Waals surface area contributed by atoms with Gasteiger partial charge in [0.05, 0.1) is 24.2 Å². The molecule has 0 bridgehead atoms. The fraction of sp³-hybridized carbons (Fsp3) is 0.171. The first-order valence-electron chi connectivity index (χ1n) is 48.5. The quantitative estimate of drug-likeness (QED) is 0.0177. The lowest BCUT2D eigenvalue weighted by molar-refractivity contribution is -0.159. The van der Waals surface area contributed by atoms with Gasteiger partial charge in [0, 0.05) is 114 Å². The molecule has 4 unspecified atom stereocenters. The summed E-state index contributed by atoms with van der Waals surface area (Å²) in [5.41, 5.74) is 15.4. The number of fused-ring (bicyclic) bond motifs is 5. The zero-order valence-corrected chi connectivity index (χ0v) is 82.1. The van der Waals surface area contributed by atoms with Crippen LogP contribution in [0.4, 0.5) is 17.6 Å². The highest BCUT2D eigenvalue weighted by molar-refractivity contribution is 6.04. The van der Waals surface area contributed by atoms with Crippen molar-refractivity contribution in [1.82, 2.24) is 41.2 Å². The van der Waals surface area contributed by atoms with Gasteiger partial charge >= 0.3 is 6.11 Å². The Labute approximate surface area is 852 Å². The molecule has 148 heavy (non-hydrogen) atoms. The van der Waals surface area contributed by atoms with E-state index in [-0.39, 0.29) is 88.5 Å². The molecule has 4 amide bonds. The van der Waals surface area contributed by atoms with Gasteiger partial charge in [-0.1, -0.05) is 206 Å². The van der Waals surface area contributed by atoms with Crippen molar-refractivity contribution in [3.63, 3.8) is 0 Å². The summed E-state index contributed by atoms with van der Waals surface area (Å²) in [7, 11) is 0. The molecule has 25 heteroatoms. The van der Waals surface area contributed by atoms with Gasteiger partial charge in [0.1, 0.15) is 50.8 Å². The molecule has 0 aliphatic carbocycles. The number of ether oxygens (including phenoxy) is 1. The third-order valence-electron chi connectivity index (χ3n) is 25.3. The second-order valence-electron chi connectivity index (χ2n) is 36.4. The SMILES string of the molecule is CC(NC(=O)c1cccc(-c2cc(O)c3ncccc3c2)c1)C(=O)CCCc1cccc2ccccc12.CC(NC(=O)c1cccc(-c2cc(O)c3ncccc3c2)c1)C(=O)CCc1ccc(OC(C)(F)F)cc1.CC(NC(=O)c1cccc(-c2cc(O)c3ncccc3c2)c1)C(=O)CCc1cccc(-c2ccccc2)c1.CC(NC(=O)c1cccc(-c2cc(O)c3ncccc3c2)c1)C(=O)CCc1ccccc1C(C)(F)F. The largest absolute Gasteiger partial charge is 0.506 e. The predicted octanol–water partition coefficient (Wildman–Crippen LogP) is 25.0. The summed E-state index contributed by atoms with van der Waals surface area (Å²) in [6.07, 6.45) is 6.86. The van der Waals surface area contributed by atoms with Crippen LogP contribution in [0.5, 0.6) is 28.7 Å². The normalized spacial score (nSPS) is 12.0. The molecule has 0 fully saturated rings. The highest BCUT2D eigenvalue weighted by atomic mass is 19.3. The topological polar surface area (TPSA) is 326 Å². The Balaban J connectivity index is 0.000000148. The molecule has 21 nitrogen and oxygen atoms in total. The third kappa shape index (κ3) is 27.6. The summed E-state index contributed by atoms with van der Waals surface area (Å²) in [6, 6.07) is 99.3. The van der Waals surface area contributed by atoms with Gasteiger partial charge < -0.3 is 46.4 Å². The van der Waals surface area contributed by atoms with Gasteiger partial charge in [-0.3, -0.25) is 58.3 Å². The van der Waals surface area contributed by atoms with Gasteiger partial charge in [0.15, 0.2) is 23.1 Å². The average Bonchev–Trinajstić information content (AvgIpc) is 1.24. The molecule has 8 N–H and O–H groups in total. The van der Waals surface area contributed by atoms with Gasteiger partial charge in [-0.25, -0.2) is 8.78 Å². The number of nitrogens with zero attached hydrogens (tertiary/aromatic N) is 4. The number of phenolic OH excluding ortho intramolecular Hbond substituents is 4. The van der Waals surface area contributed by atoms with Crippen molar-refractivity contribution in [2.24, 2.45) is 0 Å². The van der Waals surface area contributed by atoms with E-state index < -0.39 is 48.0 Å². The summed E-state index contributed by atoms with van der Waals surface area (Å²) in [4.78, 5) is 119. The number of aromatic nitrogens is 4. The van der Waals surface area contributed by atoms with Gasteiger partial charge in [0.25, 0.3) is 29.6 Å². The van der Waals surface area contributed by atoms with E-state index in [0.717, 1.165) is 108 Å². The second-order valence-corrected chi connectivity index (χ2v) is 36.4. The molecular formula is C123H108F4N8O13. The number of hydrogen-bond acceptors (Lipinski definition) is 17. The lowest BCUT2D eigenvalue weighted by atomic mass is 9.96. The molecule has 0 radical (unpaired) electrons. The van der Waals surface area contributed by atoms with E-state index in [1.165, 1.54) is 34.5 Å². The maximum Gasteiger partial charge on any atom is 0.394 e. The Hall–Kier alpha value is -17.7.